The molecular formula is C48H53N4OPt-3. The first-order valence-electron chi connectivity index (χ1n) is 19.0. The van der Waals surface area contributed by atoms with E-state index in [0.29, 0.717) is 23.3 Å². The first-order valence-corrected chi connectivity index (χ1v) is 19.0. The summed E-state index contributed by atoms with van der Waals surface area (Å²) in [6.45, 7) is 24.8. The van der Waals surface area contributed by atoms with Gasteiger partial charge in [-0.1, -0.05) is 99.0 Å². The Labute approximate surface area is 337 Å². The van der Waals surface area contributed by atoms with Crippen LogP contribution in [0.25, 0.3) is 27.6 Å². The molecule has 2 aromatic heterocycles. The van der Waals surface area contributed by atoms with Gasteiger partial charge in [0.15, 0.2) is 0 Å². The van der Waals surface area contributed by atoms with Gasteiger partial charge in [0, 0.05) is 61.1 Å². The minimum atomic E-state index is -0.114. The summed E-state index contributed by atoms with van der Waals surface area (Å²) in [5.74, 6) is 3.30. The second kappa shape index (κ2) is 15.4. The summed E-state index contributed by atoms with van der Waals surface area (Å²) in [5, 5.41) is 2.26. The average molecular weight is 897 g/mol. The topological polar surface area (TPSA) is 33.5 Å². The van der Waals surface area contributed by atoms with E-state index in [4.69, 9.17) is 9.72 Å². The molecule has 0 unspecified atom stereocenters. The fraction of sp³-hybridized carbons (Fsp3) is 0.333. The van der Waals surface area contributed by atoms with E-state index >= 15 is 0 Å². The molecule has 1 aliphatic heterocycles. The molecule has 0 saturated heterocycles. The predicted octanol–water partition coefficient (Wildman–Crippen LogP) is 12.6. The Morgan fingerprint density at radius 1 is 0.722 bits per heavy atom. The second-order valence-corrected chi connectivity index (χ2v) is 17.5. The van der Waals surface area contributed by atoms with E-state index in [9.17, 15) is 0 Å². The van der Waals surface area contributed by atoms with Crippen molar-refractivity contribution in [2.75, 3.05) is 9.80 Å². The standard InChI is InChI=1S/C48H53N4O.Pt/c1-32(2)22-34-24-35(23-33(3)4)26-38(25-34)50-30-45(48(8,9)10)51(31-50)37-14-13-15-39(28-37)53-40-18-19-42-41-16-11-12-17-43(41)52(44(42)29-40)46-27-36(20-21-49-46)47(5,6)7;/h11-21,24-27,30-33H,22-23H2,1-10H3;/q-3;. The Balaban J connectivity index is 0.00000497. The van der Waals surface area contributed by atoms with Crippen molar-refractivity contribution in [2.24, 2.45) is 17.3 Å². The van der Waals surface area contributed by atoms with E-state index in [1.165, 1.54) is 28.1 Å². The van der Waals surface area contributed by atoms with Gasteiger partial charge in [-0.15, -0.1) is 48.1 Å². The summed E-state index contributed by atoms with van der Waals surface area (Å²) in [4.78, 5) is 9.36. The van der Waals surface area contributed by atoms with Crippen LogP contribution >= 0.6 is 0 Å². The van der Waals surface area contributed by atoms with Gasteiger partial charge in [0.05, 0.1) is 0 Å². The Bertz CT molecular complexity index is 2270. The Hall–Kier alpha value is -4.34. The average Bonchev–Trinajstić information content (AvgIpc) is 3.68. The number of nitrogens with zero attached hydrogens (tertiary/aromatic N) is 4. The summed E-state index contributed by atoms with van der Waals surface area (Å²) in [6.07, 6.45) is 6.30. The minimum Gasteiger partial charge on any atom is -0.509 e. The number of rotatable bonds is 9. The molecule has 0 spiro atoms. The van der Waals surface area contributed by atoms with Gasteiger partial charge in [0.2, 0.25) is 0 Å². The molecule has 4 aromatic carbocycles. The number of para-hydroxylation sites is 1. The van der Waals surface area contributed by atoms with Gasteiger partial charge in [0.1, 0.15) is 5.82 Å². The van der Waals surface area contributed by atoms with Crippen LogP contribution in [-0.4, -0.2) is 9.55 Å². The molecule has 0 bridgehead atoms. The molecule has 6 heteroatoms. The molecule has 0 amide bonds. The van der Waals surface area contributed by atoms with Gasteiger partial charge >= 0.3 is 0 Å². The van der Waals surface area contributed by atoms with Gasteiger partial charge in [0.25, 0.3) is 0 Å². The van der Waals surface area contributed by atoms with Crippen molar-refractivity contribution in [3.63, 3.8) is 0 Å². The maximum atomic E-state index is 6.57. The van der Waals surface area contributed by atoms with E-state index in [1.54, 1.807) is 0 Å². The van der Waals surface area contributed by atoms with Gasteiger partial charge in [-0.2, -0.15) is 12.1 Å². The molecule has 0 radical (unpaired) electrons. The van der Waals surface area contributed by atoms with Crippen molar-refractivity contribution in [3.8, 4) is 17.3 Å². The number of benzene rings is 4. The maximum absolute atomic E-state index is 6.57. The van der Waals surface area contributed by atoms with Crippen molar-refractivity contribution in [1.82, 2.24) is 9.55 Å². The fourth-order valence-corrected chi connectivity index (χ4v) is 7.31. The van der Waals surface area contributed by atoms with Crippen LogP contribution in [0, 0.1) is 36.1 Å². The molecule has 284 valence electrons. The zero-order valence-electron chi connectivity index (χ0n) is 33.4. The van der Waals surface area contributed by atoms with Crippen LogP contribution in [0.4, 0.5) is 11.4 Å². The largest absolute Gasteiger partial charge is 0.509 e. The molecule has 1 aliphatic rings. The van der Waals surface area contributed by atoms with Gasteiger partial charge < -0.3 is 19.1 Å². The molecule has 0 fully saturated rings. The number of anilines is 2. The molecule has 5 nitrogen and oxygen atoms in total. The number of hydrogen-bond acceptors (Lipinski definition) is 4. The van der Waals surface area contributed by atoms with Gasteiger partial charge in [-0.05, 0) is 88.7 Å². The summed E-state index contributed by atoms with van der Waals surface area (Å²) >= 11 is 0. The van der Waals surface area contributed by atoms with Crippen molar-refractivity contribution < 1.29 is 25.8 Å². The van der Waals surface area contributed by atoms with Crippen LogP contribution in [0.2, 0.25) is 0 Å². The SMILES string of the molecule is CC(C)Cc1cc(CC(C)C)cc(N2C=C(C(C)(C)C)N(c3[c-]c(Oc4[c-]c5c(cc4)c4ccccc4n5-c4cc(C(C)(C)C)ccn4)ccc3)[CH-]2)c1.[Pt]. The molecular weight excluding hydrogens is 844 g/mol. The Morgan fingerprint density at radius 3 is 2.07 bits per heavy atom. The van der Waals surface area contributed by atoms with E-state index in [0.717, 1.165) is 46.2 Å². The summed E-state index contributed by atoms with van der Waals surface area (Å²) < 4.78 is 8.77. The number of aromatic nitrogens is 2. The van der Waals surface area contributed by atoms with E-state index < -0.39 is 0 Å². The maximum Gasteiger partial charge on any atom is 0.135 e. The molecule has 54 heavy (non-hydrogen) atoms. The van der Waals surface area contributed by atoms with Crippen molar-refractivity contribution in [1.29, 1.82) is 0 Å². The van der Waals surface area contributed by atoms with Crippen LogP contribution in [0.5, 0.6) is 11.5 Å². The number of pyridine rings is 1. The molecule has 3 heterocycles. The second-order valence-electron chi connectivity index (χ2n) is 17.5. The number of allylic oxidation sites excluding steroid dienone is 1. The fourth-order valence-electron chi connectivity index (χ4n) is 7.31. The van der Waals surface area contributed by atoms with Crippen molar-refractivity contribution in [3.05, 3.63) is 139 Å². The third-order valence-corrected chi connectivity index (χ3v) is 9.78. The van der Waals surface area contributed by atoms with Crippen LogP contribution in [-0.2, 0) is 39.3 Å². The van der Waals surface area contributed by atoms with Crippen LogP contribution in [0.3, 0.4) is 0 Å². The molecule has 0 N–H and O–H groups in total. The van der Waals surface area contributed by atoms with Crippen molar-refractivity contribution in [2.45, 2.75) is 87.5 Å². The first kappa shape index (κ1) is 39.4. The number of ether oxygens (including phenoxy) is 1. The quantitative estimate of drug-likeness (QED) is 0.135. The zero-order chi connectivity index (χ0) is 37.7. The minimum absolute atomic E-state index is 0. The third-order valence-electron chi connectivity index (χ3n) is 9.78. The number of hydrogen-bond donors (Lipinski definition) is 0. The van der Waals surface area contributed by atoms with Crippen LogP contribution in [0.15, 0.2) is 103 Å². The Morgan fingerprint density at radius 2 is 1.41 bits per heavy atom. The molecule has 6 aromatic rings. The third kappa shape index (κ3) is 8.32. The van der Waals surface area contributed by atoms with E-state index in [2.05, 4.69) is 175 Å². The monoisotopic (exact) mass is 896 g/mol. The zero-order valence-corrected chi connectivity index (χ0v) is 35.7. The normalized spacial score (nSPS) is 13.7. The first-order chi connectivity index (χ1) is 25.1. The molecule has 7 rings (SSSR count). The summed E-state index contributed by atoms with van der Waals surface area (Å²) in [6, 6.07) is 37.3. The van der Waals surface area contributed by atoms with Gasteiger partial charge in [-0.3, -0.25) is 0 Å². The van der Waals surface area contributed by atoms with E-state index in [1.807, 2.05) is 24.4 Å². The number of fused-ring (bicyclic) bond motifs is 3. The van der Waals surface area contributed by atoms with Crippen LogP contribution < -0.4 is 14.5 Å². The molecule has 0 saturated carbocycles. The molecule has 0 aliphatic carbocycles. The van der Waals surface area contributed by atoms with Gasteiger partial charge in [-0.25, -0.2) is 4.98 Å². The predicted molar refractivity (Wildman–Crippen MR) is 222 cm³/mol. The summed E-state index contributed by atoms with van der Waals surface area (Å²) in [7, 11) is 0. The van der Waals surface area contributed by atoms with Crippen molar-refractivity contribution >= 4 is 33.2 Å². The van der Waals surface area contributed by atoms with E-state index in [-0.39, 0.29) is 31.9 Å². The smallest absolute Gasteiger partial charge is 0.135 e. The van der Waals surface area contributed by atoms with Crippen LogP contribution in [0.1, 0.15) is 85.9 Å². The molecule has 0 atom stereocenters. The Kier molecular flexibility index (Phi) is 11.2. The summed E-state index contributed by atoms with van der Waals surface area (Å²) in [5.41, 5.74) is 9.20.